The molecular formula is C14H13N3O3S. The molecule has 1 aromatic carbocycles. The Labute approximate surface area is 125 Å². The predicted octanol–water partition coefficient (Wildman–Crippen LogP) is 1.47. The Morgan fingerprint density at radius 2 is 2.05 bits per heavy atom. The Balaban J connectivity index is 1.80. The lowest BCUT2D eigenvalue weighted by Crippen LogP contribution is -2.41. The van der Waals surface area contributed by atoms with E-state index in [0.29, 0.717) is 17.2 Å². The summed E-state index contributed by atoms with van der Waals surface area (Å²) in [6.45, 7) is 0. The van der Waals surface area contributed by atoms with Crippen LogP contribution in [0.3, 0.4) is 0 Å². The molecule has 2 heterocycles. The third kappa shape index (κ3) is 2.64. The zero-order chi connectivity index (χ0) is 14.8. The summed E-state index contributed by atoms with van der Waals surface area (Å²) >= 11 is 1.45. The number of carbonyl (C=O) groups excluding carboxylic acids is 1. The van der Waals surface area contributed by atoms with Crippen LogP contribution in [0.15, 0.2) is 42.7 Å². The largest absolute Gasteiger partial charge is 0.480 e. The highest BCUT2D eigenvalue weighted by atomic mass is 32.2. The molecule has 1 atom stereocenters. The van der Waals surface area contributed by atoms with Crippen molar-refractivity contribution in [3.63, 3.8) is 0 Å². The number of rotatable bonds is 3. The van der Waals surface area contributed by atoms with Gasteiger partial charge in [-0.05, 0) is 30.3 Å². The molecule has 2 aromatic rings. The van der Waals surface area contributed by atoms with Crippen LogP contribution in [0, 0.1) is 0 Å². The number of amides is 1. The first-order valence-corrected chi connectivity index (χ1v) is 7.54. The van der Waals surface area contributed by atoms with Gasteiger partial charge in [0.15, 0.2) is 0 Å². The number of aromatic nitrogens is 2. The van der Waals surface area contributed by atoms with Gasteiger partial charge in [0.1, 0.15) is 6.04 Å². The maximum absolute atomic E-state index is 12.4. The van der Waals surface area contributed by atoms with E-state index >= 15 is 0 Å². The number of nitrogens with zero attached hydrogens (tertiary/aromatic N) is 3. The molecule has 0 bridgehead atoms. The minimum atomic E-state index is -0.957. The van der Waals surface area contributed by atoms with Crippen LogP contribution in [0.1, 0.15) is 10.4 Å². The average Bonchev–Trinajstić information content (AvgIpc) is 3.18. The van der Waals surface area contributed by atoms with E-state index < -0.39 is 12.0 Å². The summed E-state index contributed by atoms with van der Waals surface area (Å²) in [6.07, 6.45) is 3.49. The van der Waals surface area contributed by atoms with Gasteiger partial charge >= 0.3 is 5.97 Å². The molecule has 1 aliphatic heterocycles. The molecule has 108 valence electrons. The molecule has 1 fully saturated rings. The van der Waals surface area contributed by atoms with Gasteiger partial charge in [0.05, 0.1) is 11.6 Å². The van der Waals surface area contributed by atoms with Crippen LogP contribution in [0.4, 0.5) is 0 Å². The molecule has 7 heteroatoms. The Kier molecular flexibility index (Phi) is 3.66. The molecule has 1 aromatic heterocycles. The number of hydrogen-bond donors (Lipinski definition) is 1. The molecule has 21 heavy (non-hydrogen) atoms. The van der Waals surface area contributed by atoms with Crippen molar-refractivity contribution in [3.05, 3.63) is 48.3 Å². The van der Waals surface area contributed by atoms with E-state index in [1.54, 1.807) is 35.1 Å². The topological polar surface area (TPSA) is 75.4 Å². The monoisotopic (exact) mass is 303 g/mol. The quantitative estimate of drug-likeness (QED) is 0.929. The van der Waals surface area contributed by atoms with Crippen molar-refractivity contribution < 1.29 is 14.7 Å². The van der Waals surface area contributed by atoms with Gasteiger partial charge in [-0.2, -0.15) is 5.10 Å². The van der Waals surface area contributed by atoms with Crippen LogP contribution in [0.25, 0.3) is 5.69 Å². The van der Waals surface area contributed by atoms with Crippen molar-refractivity contribution in [2.45, 2.75) is 6.04 Å². The number of thioether (sulfide) groups is 1. The maximum Gasteiger partial charge on any atom is 0.327 e. The van der Waals surface area contributed by atoms with Crippen molar-refractivity contribution in [3.8, 4) is 5.69 Å². The number of carbonyl (C=O) groups is 2. The average molecular weight is 303 g/mol. The molecule has 0 unspecified atom stereocenters. The van der Waals surface area contributed by atoms with Crippen LogP contribution < -0.4 is 0 Å². The van der Waals surface area contributed by atoms with Gasteiger partial charge in [-0.15, -0.1) is 11.8 Å². The smallest absolute Gasteiger partial charge is 0.327 e. The van der Waals surface area contributed by atoms with Gasteiger partial charge in [0.25, 0.3) is 5.91 Å². The lowest BCUT2D eigenvalue weighted by molar-refractivity contribution is -0.140. The number of hydrogen-bond acceptors (Lipinski definition) is 4. The summed E-state index contributed by atoms with van der Waals surface area (Å²) < 4.78 is 1.69. The van der Waals surface area contributed by atoms with Gasteiger partial charge in [-0.25, -0.2) is 9.48 Å². The van der Waals surface area contributed by atoms with E-state index in [9.17, 15) is 9.59 Å². The SMILES string of the molecule is O=C(O)[C@@H]1CSCN1C(=O)c1ccc(-n2cccn2)cc1. The highest BCUT2D eigenvalue weighted by Crippen LogP contribution is 2.23. The van der Waals surface area contributed by atoms with E-state index in [0.717, 1.165) is 5.69 Å². The second kappa shape index (κ2) is 5.61. The van der Waals surface area contributed by atoms with Crippen molar-refractivity contribution in [2.24, 2.45) is 0 Å². The third-order valence-electron chi connectivity index (χ3n) is 3.31. The number of aliphatic carboxylic acids is 1. The molecule has 1 N–H and O–H groups in total. The molecule has 0 radical (unpaired) electrons. The molecule has 0 saturated carbocycles. The fraction of sp³-hybridized carbons (Fsp3) is 0.214. The standard InChI is InChI=1S/C14H13N3O3S/c18-13(16-9-21-8-12(16)14(19)20)10-2-4-11(5-3-10)17-7-1-6-15-17/h1-7,12H,8-9H2,(H,19,20)/t12-/m0/s1. The normalized spacial score (nSPS) is 17.9. The second-order valence-corrected chi connectivity index (χ2v) is 5.63. The fourth-order valence-corrected chi connectivity index (χ4v) is 3.34. The van der Waals surface area contributed by atoms with Crippen molar-refractivity contribution >= 4 is 23.6 Å². The molecule has 6 nitrogen and oxygen atoms in total. The van der Waals surface area contributed by atoms with Crippen LogP contribution in [-0.2, 0) is 4.79 Å². The summed E-state index contributed by atoms with van der Waals surface area (Å²) in [7, 11) is 0. The summed E-state index contributed by atoms with van der Waals surface area (Å²) in [6, 6.07) is 8.05. The first-order valence-electron chi connectivity index (χ1n) is 6.38. The summed E-state index contributed by atoms with van der Waals surface area (Å²) in [5, 5.41) is 13.2. The molecule has 0 spiro atoms. The summed E-state index contributed by atoms with van der Waals surface area (Å²) in [5.74, 6) is -0.357. The third-order valence-corrected chi connectivity index (χ3v) is 4.32. The molecular weight excluding hydrogens is 290 g/mol. The predicted molar refractivity (Wildman–Crippen MR) is 78.5 cm³/mol. The number of carboxylic acid groups (broad SMARTS) is 1. The molecule has 1 aliphatic rings. The molecule has 3 rings (SSSR count). The van der Waals surface area contributed by atoms with Crippen molar-refractivity contribution in [1.29, 1.82) is 0 Å². The van der Waals surface area contributed by atoms with E-state index in [-0.39, 0.29) is 5.91 Å². The first kappa shape index (κ1) is 13.7. The Morgan fingerprint density at radius 3 is 2.67 bits per heavy atom. The zero-order valence-corrected chi connectivity index (χ0v) is 11.9. The minimum Gasteiger partial charge on any atom is -0.480 e. The van der Waals surface area contributed by atoms with E-state index in [4.69, 9.17) is 5.11 Å². The summed E-state index contributed by atoms with van der Waals surface area (Å²) in [5.41, 5.74) is 1.33. The Hall–Kier alpha value is -2.28. The Bertz CT molecular complexity index is 655. The van der Waals surface area contributed by atoms with Gasteiger partial charge < -0.3 is 10.0 Å². The van der Waals surface area contributed by atoms with Gasteiger partial charge in [0.2, 0.25) is 0 Å². The maximum atomic E-state index is 12.4. The van der Waals surface area contributed by atoms with Gasteiger partial charge in [-0.1, -0.05) is 0 Å². The van der Waals surface area contributed by atoms with Crippen molar-refractivity contribution in [2.75, 3.05) is 11.6 Å². The molecule has 1 saturated heterocycles. The van der Waals surface area contributed by atoms with Crippen LogP contribution in [-0.4, -0.2) is 49.3 Å². The van der Waals surface area contributed by atoms with E-state index in [2.05, 4.69) is 5.10 Å². The van der Waals surface area contributed by atoms with Gasteiger partial charge in [-0.3, -0.25) is 4.79 Å². The molecule has 0 aliphatic carbocycles. The number of carboxylic acids is 1. The number of benzene rings is 1. The van der Waals surface area contributed by atoms with Gasteiger partial charge in [0, 0.05) is 23.7 Å². The highest BCUT2D eigenvalue weighted by molar-refractivity contribution is 7.99. The molecule has 1 amide bonds. The minimum absolute atomic E-state index is 0.251. The highest BCUT2D eigenvalue weighted by Gasteiger charge is 2.34. The Morgan fingerprint density at radius 1 is 1.29 bits per heavy atom. The first-order chi connectivity index (χ1) is 10.2. The van der Waals surface area contributed by atoms with Crippen molar-refractivity contribution in [1.82, 2.24) is 14.7 Å². The van der Waals surface area contributed by atoms with Crippen LogP contribution in [0.5, 0.6) is 0 Å². The fourth-order valence-electron chi connectivity index (χ4n) is 2.19. The lowest BCUT2D eigenvalue weighted by Gasteiger charge is -2.20. The second-order valence-electron chi connectivity index (χ2n) is 4.63. The van der Waals surface area contributed by atoms with Crippen LogP contribution >= 0.6 is 11.8 Å². The summed E-state index contributed by atoms with van der Waals surface area (Å²) in [4.78, 5) is 24.9. The zero-order valence-electron chi connectivity index (χ0n) is 11.0. The van der Waals surface area contributed by atoms with Crippen LogP contribution in [0.2, 0.25) is 0 Å². The lowest BCUT2D eigenvalue weighted by atomic mass is 10.1. The van der Waals surface area contributed by atoms with E-state index in [1.807, 2.05) is 12.3 Å². The van der Waals surface area contributed by atoms with E-state index in [1.165, 1.54) is 16.7 Å².